The van der Waals surface area contributed by atoms with Crippen LogP contribution in [0.1, 0.15) is 18.0 Å². The van der Waals surface area contributed by atoms with E-state index in [0.29, 0.717) is 12.0 Å². The second kappa shape index (κ2) is 4.55. The number of halogens is 1. The topological polar surface area (TPSA) is 50.9 Å². The summed E-state index contributed by atoms with van der Waals surface area (Å²) >= 11 is 0. The minimum absolute atomic E-state index is 0.345. The molecule has 0 bridgehead atoms. The fourth-order valence-electron chi connectivity index (χ4n) is 1.05. The fraction of sp³-hybridized carbons (Fsp3) is 0.222. The minimum Gasteiger partial charge on any atom is -0.271 e. The van der Waals surface area contributed by atoms with Crippen molar-refractivity contribution >= 4 is 0 Å². The third-order valence-electron chi connectivity index (χ3n) is 1.70. The SMILES string of the molecule is C#CCC(NN)c1ccncc1F. The molecule has 3 N–H and O–H groups in total. The van der Waals surface area contributed by atoms with E-state index in [0.717, 1.165) is 6.20 Å². The summed E-state index contributed by atoms with van der Waals surface area (Å²) in [5.41, 5.74) is 2.89. The summed E-state index contributed by atoms with van der Waals surface area (Å²) in [5.74, 6) is 7.24. The van der Waals surface area contributed by atoms with E-state index in [1.807, 2.05) is 0 Å². The molecule has 1 aromatic rings. The van der Waals surface area contributed by atoms with Gasteiger partial charge < -0.3 is 0 Å². The molecule has 1 rings (SSSR count). The maximum atomic E-state index is 13.1. The first kappa shape index (κ1) is 9.65. The molecular formula is C9H10FN3. The molecule has 1 unspecified atom stereocenters. The zero-order valence-electron chi connectivity index (χ0n) is 7.00. The molecule has 13 heavy (non-hydrogen) atoms. The number of hydrogen-bond acceptors (Lipinski definition) is 3. The molecule has 0 aromatic carbocycles. The summed E-state index contributed by atoms with van der Waals surface area (Å²) in [5, 5.41) is 0. The molecule has 4 heteroatoms. The van der Waals surface area contributed by atoms with E-state index in [9.17, 15) is 4.39 Å². The quantitative estimate of drug-likeness (QED) is 0.409. The van der Waals surface area contributed by atoms with Crippen LogP contribution in [-0.4, -0.2) is 4.98 Å². The summed E-state index contributed by atoms with van der Waals surface area (Å²) in [7, 11) is 0. The molecule has 0 aliphatic heterocycles. The van der Waals surface area contributed by atoms with E-state index in [2.05, 4.69) is 16.3 Å². The predicted molar refractivity (Wildman–Crippen MR) is 47.7 cm³/mol. The van der Waals surface area contributed by atoms with Crippen LogP contribution in [0.25, 0.3) is 0 Å². The van der Waals surface area contributed by atoms with E-state index >= 15 is 0 Å². The molecule has 0 aliphatic carbocycles. The molecule has 0 radical (unpaired) electrons. The standard InChI is InChI=1S/C9H10FN3/c1-2-3-9(13-11)7-4-5-12-6-8(7)10/h1,4-6,9,13H,3,11H2. The second-order valence-electron chi connectivity index (χ2n) is 2.52. The highest BCUT2D eigenvalue weighted by molar-refractivity contribution is 5.18. The molecule has 0 amide bonds. The predicted octanol–water partition coefficient (Wildman–Crippen LogP) is 0.748. The summed E-state index contributed by atoms with van der Waals surface area (Å²) < 4.78 is 13.1. The number of hydrazine groups is 1. The highest BCUT2D eigenvalue weighted by atomic mass is 19.1. The van der Waals surface area contributed by atoms with Gasteiger partial charge in [-0.1, -0.05) is 0 Å². The number of nitrogens with zero attached hydrogens (tertiary/aromatic N) is 1. The van der Waals surface area contributed by atoms with Crippen molar-refractivity contribution in [3.05, 3.63) is 29.8 Å². The van der Waals surface area contributed by atoms with Crippen LogP contribution in [0.3, 0.4) is 0 Å². The summed E-state index contributed by atoms with van der Waals surface area (Å²) in [4.78, 5) is 3.63. The molecule has 0 spiro atoms. The summed E-state index contributed by atoms with van der Waals surface area (Å²) in [6, 6.07) is 1.20. The average Bonchev–Trinajstić information content (AvgIpc) is 2.16. The van der Waals surface area contributed by atoms with Crippen molar-refractivity contribution in [2.75, 3.05) is 0 Å². The Bertz CT molecular complexity index is 319. The Balaban J connectivity index is 2.92. The summed E-state index contributed by atoms with van der Waals surface area (Å²) in [6.07, 6.45) is 8.09. The highest BCUT2D eigenvalue weighted by Gasteiger charge is 2.12. The Morgan fingerprint density at radius 1 is 1.77 bits per heavy atom. The molecule has 68 valence electrons. The van der Waals surface area contributed by atoms with Gasteiger partial charge in [-0.3, -0.25) is 16.3 Å². The maximum absolute atomic E-state index is 13.1. The molecule has 1 aromatic heterocycles. The van der Waals surface area contributed by atoms with E-state index in [4.69, 9.17) is 12.3 Å². The van der Waals surface area contributed by atoms with E-state index in [-0.39, 0.29) is 6.04 Å². The summed E-state index contributed by atoms with van der Waals surface area (Å²) in [6.45, 7) is 0. The van der Waals surface area contributed by atoms with Crippen LogP contribution in [0.4, 0.5) is 4.39 Å². The Morgan fingerprint density at radius 3 is 3.08 bits per heavy atom. The number of hydrogen-bond donors (Lipinski definition) is 2. The van der Waals surface area contributed by atoms with Gasteiger partial charge in [0.15, 0.2) is 0 Å². The number of rotatable bonds is 3. The van der Waals surface area contributed by atoms with Crippen LogP contribution in [0.15, 0.2) is 18.5 Å². The van der Waals surface area contributed by atoms with Crippen molar-refractivity contribution in [1.82, 2.24) is 10.4 Å². The Kier molecular flexibility index (Phi) is 3.38. The lowest BCUT2D eigenvalue weighted by Crippen LogP contribution is -2.28. The maximum Gasteiger partial charge on any atom is 0.146 e. The zero-order valence-corrected chi connectivity index (χ0v) is 7.00. The molecule has 1 heterocycles. The van der Waals surface area contributed by atoms with Gasteiger partial charge in [-0.05, 0) is 6.07 Å². The van der Waals surface area contributed by atoms with Crippen LogP contribution >= 0.6 is 0 Å². The number of nitrogens with one attached hydrogen (secondary N) is 1. The average molecular weight is 179 g/mol. The van der Waals surface area contributed by atoms with Crippen LogP contribution in [0.2, 0.25) is 0 Å². The van der Waals surface area contributed by atoms with Crippen molar-refractivity contribution in [3.63, 3.8) is 0 Å². The molecule has 0 aliphatic rings. The Morgan fingerprint density at radius 2 is 2.54 bits per heavy atom. The van der Waals surface area contributed by atoms with Crippen LogP contribution in [0.5, 0.6) is 0 Å². The molecular weight excluding hydrogens is 169 g/mol. The lowest BCUT2D eigenvalue weighted by atomic mass is 10.1. The Labute approximate surface area is 76.1 Å². The first-order valence-electron chi connectivity index (χ1n) is 3.78. The smallest absolute Gasteiger partial charge is 0.146 e. The number of aromatic nitrogens is 1. The van der Waals surface area contributed by atoms with Gasteiger partial charge in [-0.25, -0.2) is 4.39 Å². The van der Waals surface area contributed by atoms with Crippen LogP contribution < -0.4 is 11.3 Å². The minimum atomic E-state index is -0.402. The van der Waals surface area contributed by atoms with Crippen molar-refractivity contribution in [2.45, 2.75) is 12.5 Å². The third kappa shape index (κ3) is 2.25. The zero-order chi connectivity index (χ0) is 9.68. The van der Waals surface area contributed by atoms with Gasteiger partial charge in [0.2, 0.25) is 0 Å². The van der Waals surface area contributed by atoms with Crippen molar-refractivity contribution < 1.29 is 4.39 Å². The number of nitrogens with two attached hydrogens (primary N) is 1. The highest BCUT2D eigenvalue weighted by Crippen LogP contribution is 2.17. The lowest BCUT2D eigenvalue weighted by Gasteiger charge is -2.13. The van der Waals surface area contributed by atoms with E-state index in [1.165, 1.54) is 6.20 Å². The normalized spacial score (nSPS) is 12.1. The van der Waals surface area contributed by atoms with E-state index in [1.54, 1.807) is 6.07 Å². The lowest BCUT2D eigenvalue weighted by molar-refractivity contribution is 0.518. The third-order valence-corrected chi connectivity index (χ3v) is 1.70. The molecule has 0 fully saturated rings. The second-order valence-corrected chi connectivity index (χ2v) is 2.52. The first-order chi connectivity index (χ1) is 6.29. The van der Waals surface area contributed by atoms with Gasteiger partial charge in [0.1, 0.15) is 5.82 Å². The van der Waals surface area contributed by atoms with Crippen LogP contribution in [0, 0.1) is 18.2 Å². The van der Waals surface area contributed by atoms with Crippen molar-refractivity contribution in [2.24, 2.45) is 5.84 Å². The van der Waals surface area contributed by atoms with Crippen molar-refractivity contribution in [3.8, 4) is 12.3 Å². The van der Waals surface area contributed by atoms with Crippen LogP contribution in [-0.2, 0) is 0 Å². The number of terminal acetylenes is 1. The Hall–Kier alpha value is -1.44. The first-order valence-corrected chi connectivity index (χ1v) is 3.78. The van der Waals surface area contributed by atoms with E-state index < -0.39 is 5.82 Å². The van der Waals surface area contributed by atoms with Gasteiger partial charge >= 0.3 is 0 Å². The van der Waals surface area contributed by atoms with Gasteiger partial charge in [-0.2, -0.15) is 0 Å². The molecule has 1 atom stereocenters. The van der Waals surface area contributed by atoms with Gasteiger partial charge in [0.05, 0.1) is 12.2 Å². The molecule has 0 saturated heterocycles. The van der Waals surface area contributed by atoms with Gasteiger partial charge in [-0.15, -0.1) is 12.3 Å². The largest absolute Gasteiger partial charge is 0.271 e. The van der Waals surface area contributed by atoms with Gasteiger partial charge in [0, 0.05) is 18.2 Å². The fourth-order valence-corrected chi connectivity index (χ4v) is 1.05. The monoisotopic (exact) mass is 179 g/mol. The number of pyridine rings is 1. The molecule has 0 saturated carbocycles. The van der Waals surface area contributed by atoms with Gasteiger partial charge in [0.25, 0.3) is 0 Å². The van der Waals surface area contributed by atoms with Crippen molar-refractivity contribution in [1.29, 1.82) is 0 Å². The molecule has 3 nitrogen and oxygen atoms in total.